The third-order valence-electron chi connectivity index (χ3n) is 6.59. The summed E-state index contributed by atoms with van der Waals surface area (Å²) in [5.41, 5.74) is 10.3. The molecule has 4 nitrogen and oxygen atoms in total. The van der Waals surface area contributed by atoms with Gasteiger partial charge in [-0.15, -0.1) is 0 Å². The molecule has 0 fully saturated rings. The van der Waals surface area contributed by atoms with Crippen molar-refractivity contribution in [3.05, 3.63) is 28.3 Å². The monoisotopic (exact) mass is 405 g/mol. The van der Waals surface area contributed by atoms with Crippen LogP contribution in [0.4, 0.5) is 0 Å². The van der Waals surface area contributed by atoms with E-state index in [1.54, 1.807) is 0 Å². The number of nitrogens with zero attached hydrogens (tertiary/aromatic N) is 3. The van der Waals surface area contributed by atoms with Crippen LogP contribution in [0, 0.1) is 0 Å². The molecule has 0 saturated heterocycles. The Balaban J connectivity index is 2.51. The molecular weight excluding hydrogens is 362 g/mol. The molecule has 0 N–H and O–H groups in total. The fourth-order valence-corrected chi connectivity index (χ4v) is 8.05. The second-order valence-electron chi connectivity index (χ2n) is 8.24. The van der Waals surface area contributed by atoms with Crippen LogP contribution in [0.1, 0.15) is 110 Å². The van der Waals surface area contributed by atoms with Crippen molar-refractivity contribution in [2.24, 2.45) is 5.11 Å². The van der Waals surface area contributed by atoms with Crippen molar-refractivity contribution in [2.45, 2.75) is 122 Å². The average molecular weight is 406 g/mol. The van der Waals surface area contributed by atoms with Gasteiger partial charge in [0.15, 0.2) is 0 Å². The summed E-state index contributed by atoms with van der Waals surface area (Å²) in [6, 6.07) is 5.54. The zero-order valence-electron chi connectivity index (χ0n) is 18.9. The molecule has 0 aliphatic rings. The predicted octanol–water partition coefficient (Wildman–Crippen LogP) is 8.66. The summed E-state index contributed by atoms with van der Waals surface area (Å²) < 4.78 is 6.01. The first-order valence-electron chi connectivity index (χ1n) is 11.8. The van der Waals surface area contributed by atoms with E-state index in [-0.39, 0.29) is 6.04 Å². The lowest BCUT2D eigenvalue weighted by molar-refractivity contribution is 0.526. The number of furan rings is 1. The highest BCUT2D eigenvalue weighted by molar-refractivity contribution is 6.91. The van der Waals surface area contributed by atoms with Gasteiger partial charge in [0, 0.05) is 4.91 Å². The number of azide groups is 1. The molecule has 1 atom stereocenters. The van der Waals surface area contributed by atoms with Crippen LogP contribution < -0.4 is 5.38 Å². The predicted molar refractivity (Wildman–Crippen MR) is 124 cm³/mol. The summed E-state index contributed by atoms with van der Waals surface area (Å²) >= 11 is 0. The van der Waals surface area contributed by atoms with Crippen molar-refractivity contribution in [3.8, 4) is 0 Å². The Bertz CT molecular complexity index is 554. The van der Waals surface area contributed by atoms with Crippen LogP contribution in [0.5, 0.6) is 0 Å². The smallest absolute Gasteiger partial charge is 0.132 e. The van der Waals surface area contributed by atoms with Gasteiger partial charge in [0.05, 0.1) is 17.7 Å². The molecule has 0 aromatic carbocycles. The van der Waals surface area contributed by atoms with E-state index >= 15 is 0 Å². The fraction of sp³-hybridized carbons (Fsp3) is 0.826. The summed E-state index contributed by atoms with van der Waals surface area (Å²) in [6.45, 7) is 9.13. The van der Waals surface area contributed by atoms with E-state index in [1.165, 1.54) is 86.9 Å². The number of hydrogen-bond acceptors (Lipinski definition) is 2. The van der Waals surface area contributed by atoms with Crippen LogP contribution >= 0.6 is 0 Å². The van der Waals surface area contributed by atoms with Gasteiger partial charge in [-0.05, 0) is 23.6 Å². The van der Waals surface area contributed by atoms with Crippen LogP contribution in [0.3, 0.4) is 0 Å². The number of unbranched alkanes of at least 4 members (excludes halogenated alkanes) is 9. The summed E-state index contributed by atoms with van der Waals surface area (Å²) in [5, 5.41) is 5.35. The van der Waals surface area contributed by atoms with Crippen LogP contribution in [0.2, 0.25) is 18.1 Å². The highest BCUT2D eigenvalue weighted by Crippen LogP contribution is 2.29. The molecule has 0 aliphatic heterocycles. The van der Waals surface area contributed by atoms with Gasteiger partial charge >= 0.3 is 0 Å². The highest BCUT2D eigenvalue weighted by Gasteiger charge is 2.36. The maximum absolute atomic E-state index is 9.10. The van der Waals surface area contributed by atoms with Crippen molar-refractivity contribution in [3.63, 3.8) is 0 Å². The molecule has 1 heterocycles. The van der Waals surface area contributed by atoms with Crippen molar-refractivity contribution < 1.29 is 4.42 Å². The average Bonchev–Trinajstić information content (AvgIpc) is 3.20. The molecule has 0 radical (unpaired) electrons. The highest BCUT2D eigenvalue weighted by atomic mass is 28.3. The van der Waals surface area contributed by atoms with Gasteiger partial charge in [-0.3, -0.25) is 0 Å². The normalized spacial score (nSPS) is 12.7. The van der Waals surface area contributed by atoms with Crippen molar-refractivity contribution in [2.75, 3.05) is 0 Å². The molecule has 0 bridgehead atoms. The van der Waals surface area contributed by atoms with Gasteiger partial charge in [-0.1, -0.05) is 115 Å². The minimum atomic E-state index is -1.61. The minimum absolute atomic E-state index is 0.0654. The molecule has 1 rings (SSSR count). The SMILES string of the molecule is CCCCCCCCCCCCC(N=[N+]=[N-])c1ccoc1[Si](CC)(CC)CC. The fourth-order valence-electron chi connectivity index (χ4n) is 4.41. The van der Waals surface area contributed by atoms with Gasteiger partial charge in [0.2, 0.25) is 0 Å². The van der Waals surface area contributed by atoms with Gasteiger partial charge in [0.1, 0.15) is 8.07 Å². The van der Waals surface area contributed by atoms with Crippen LogP contribution in [0.15, 0.2) is 21.9 Å². The van der Waals surface area contributed by atoms with E-state index in [4.69, 9.17) is 9.95 Å². The molecule has 160 valence electrons. The Morgan fingerprint density at radius 1 is 0.893 bits per heavy atom. The van der Waals surface area contributed by atoms with Crippen LogP contribution in [0.25, 0.3) is 10.4 Å². The Kier molecular flexibility index (Phi) is 13.1. The lowest BCUT2D eigenvalue weighted by Gasteiger charge is -2.28. The van der Waals surface area contributed by atoms with Gasteiger partial charge in [-0.2, -0.15) is 0 Å². The van der Waals surface area contributed by atoms with E-state index in [1.807, 2.05) is 6.26 Å². The van der Waals surface area contributed by atoms with E-state index in [0.29, 0.717) is 0 Å². The maximum atomic E-state index is 9.10. The quantitative estimate of drug-likeness (QED) is 0.0840. The van der Waals surface area contributed by atoms with Gasteiger partial charge in [-0.25, -0.2) is 0 Å². The Hall–Kier alpha value is -1.19. The third-order valence-corrected chi connectivity index (χ3v) is 12.0. The first kappa shape index (κ1) is 24.8. The van der Waals surface area contributed by atoms with Gasteiger partial charge < -0.3 is 4.42 Å². The Morgan fingerprint density at radius 3 is 1.93 bits per heavy atom. The van der Waals surface area contributed by atoms with E-state index < -0.39 is 8.07 Å². The second kappa shape index (κ2) is 14.8. The van der Waals surface area contributed by atoms with Crippen LogP contribution in [-0.2, 0) is 0 Å². The summed E-state index contributed by atoms with van der Waals surface area (Å²) in [6.07, 6.45) is 16.0. The number of hydrogen-bond donors (Lipinski definition) is 0. The zero-order chi connectivity index (χ0) is 20.7. The standard InChI is InChI=1S/C23H43N3OSi/c1-5-9-10-11-12-13-14-15-16-17-18-22(25-26-24)21-19-20-27-23(21)28(6-2,7-3)8-4/h19-20,22H,5-18H2,1-4H3. The lowest BCUT2D eigenvalue weighted by Crippen LogP contribution is -2.47. The number of rotatable bonds is 17. The van der Waals surface area contributed by atoms with Crippen molar-refractivity contribution in [1.29, 1.82) is 0 Å². The zero-order valence-corrected chi connectivity index (χ0v) is 19.9. The first-order chi connectivity index (χ1) is 13.7. The summed E-state index contributed by atoms with van der Waals surface area (Å²) in [7, 11) is -1.61. The van der Waals surface area contributed by atoms with E-state index in [0.717, 1.165) is 12.8 Å². The van der Waals surface area contributed by atoms with Crippen molar-refractivity contribution >= 4 is 13.5 Å². The second-order valence-corrected chi connectivity index (χ2v) is 13.4. The Labute approximate surface area is 174 Å². The first-order valence-corrected chi connectivity index (χ1v) is 14.4. The molecular formula is C23H43N3OSi. The summed E-state index contributed by atoms with van der Waals surface area (Å²) in [5.74, 6) is 0. The Morgan fingerprint density at radius 2 is 1.43 bits per heavy atom. The third kappa shape index (κ3) is 7.67. The maximum Gasteiger partial charge on any atom is 0.132 e. The molecule has 5 heteroatoms. The van der Waals surface area contributed by atoms with Crippen molar-refractivity contribution in [1.82, 2.24) is 0 Å². The molecule has 0 spiro atoms. The molecule has 28 heavy (non-hydrogen) atoms. The molecule has 0 amide bonds. The van der Waals surface area contributed by atoms with E-state index in [2.05, 4.69) is 43.8 Å². The molecule has 1 unspecified atom stereocenters. The van der Waals surface area contributed by atoms with Gasteiger partial charge in [0.25, 0.3) is 0 Å². The molecule has 0 aliphatic carbocycles. The van der Waals surface area contributed by atoms with E-state index in [9.17, 15) is 0 Å². The molecule has 1 aromatic rings. The summed E-state index contributed by atoms with van der Waals surface area (Å²) in [4.78, 5) is 3.16. The van der Waals surface area contributed by atoms with Crippen LogP contribution in [-0.4, -0.2) is 8.07 Å². The lowest BCUT2D eigenvalue weighted by atomic mass is 10.0. The molecule has 0 saturated carbocycles. The largest absolute Gasteiger partial charge is 0.474 e. The minimum Gasteiger partial charge on any atom is -0.474 e. The topological polar surface area (TPSA) is 61.9 Å². The molecule has 1 aromatic heterocycles.